The van der Waals surface area contributed by atoms with Crippen LogP contribution in [0.15, 0.2) is 0 Å². The summed E-state index contributed by atoms with van der Waals surface area (Å²) in [6.07, 6.45) is 7.84. The fraction of sp³-hybridized carbons (Fsp3) is 0.941. The first-order valence-electron chi connectivity index (χ1n) is 9.22. The van der Waals surface area contributed by atoms with Crippen molar-refractivity contribution in [2.75, 3.05) is 5.75 Å². The highest BCUT2D eigenvalue weighted by Gasteiger charge is 2.65. The Kier molecular flexibility index (Phi) is 3.95. The summed E-state index contributed by atoms with van der Waals surface area (Å²) in [6, 6.07) is 0.277. The van der Waals surface area contributed by atoms with Crippen LogP contribution in [0.25, 0.3) is 0 Å². The highest BCUT2D eigenvalue weighted by Crippen LogP contribution is 2.65. The summed E-state index contributed by atoms with van der Waals surface area (Å²) in [6.45, 7) is 2.21. The zero-order valence-electron chi connectivity index (χ0n) is 13.8. The number of rotatable bonds is 5. The van der Waals surface area contributed by atoms with E-state index in [1.54, 1.807) is 0 Å². The van der Waals surface area contributed by atoms with Gasteiger partial charge in [-0.25, -0.2) is 13.1 Å². The number of nitrogens with one attached hydrogen (secondary N) is 2. The maximum absolute atomic E-state index is 12.2. The topological polar surface area (TPSA) is 75.3 Å². The molecule has 6 heteroatoms. The van der Waals surface area contributed by atoms with Gasteiger partial charge in [0.2, 0.25) is 15.9 Å². The van der Waals surface area contributed by atoms with Crippen LogP contribution in [0.2, 0.25) is 0 Å². The molecule has 2 bridgehead atoms. The van der Waals surface area contributed by atoms with Crippen molar-refractivity contribution in [3.63, 3.8) is 0 Å². The van der Waals surface area contributed by atoms with E-state index in [1.807, 2.05) is 0 Å². The Balaban J connectivity index is 1.25. The summed E-state index contributed by atoms with van der Waals surface area (Å²) in [7, 11) is -3.51. The van der Waals surface area contributed by atoms with Gasteiger partial charge in [0.25, 0.3) is 0 Å². The van der Waals surface area contributed by atoms with Crippen molar-refractivity contribution >= 4 is 15.9 Å². The molecule has 0 aliphatic heterocycles. The molecule has 0 heterocycles. The first kappa shape index (κ1) is 15.9. The number of hydrogen-bond donors (Lipinski definition) is 2. The smallest absolute Gasteiger partial charge is 0.236 e. The molecule has 4 aliphatic carbocycles. The molecule has 130 valence electrons. The van der Waals surface area contributed by atoms with Gasteiger partial charge in [0, 0.05) is 12.1 Å². The van der Waals surface area contributed by atoms with Gasteiger partial charge in [-0.2, -0.15) is 0 Å². The molecule has 0 aromatic heterocycles. The third kappa shape index (κ3) is 3.16. The van der Waals surface area contributed by atoms with E-state index in [2.05, 4.69) is 17.0 Å². The van der Waals surface area contributed by atoms with Crippen molar-refractivity contribution in [3.05, 3.63) is 0 Å². The number of fused-ring (bicyclic) bond motifs is 5. The van der Waals surface area contributed by atoms with Crippen molar-refractivity contribution in [3.8, 4) is 0 Å². The number of hydrogen-bond acceptors (Lipinski definition) is 3. The summed E-state index contributed by atoms with van der Waals surface area (Å²) in [5.41, 5.74) is 0. The van der Waals surface area contributed by atoms with Crippen molar-refractivity contribution in [1.29, 1.82) is 0 Å². The number of carbonyl (C=O) groups is 1. The Labute approximate surface area is 139 Å². The Hall–Kier alpha value is -0.620. The van der Waals surface area contributed by atoms with Crippen LogP contribution < -0.4 is 10.0 Å². The van der Waals surface area contributed by atoms with Crippen LogP contribution in [0.1, 0.15) is 51.9 Å². The first-order valence-corrected chi connectivity index (χ1v) is 10.9. The second-order valence-electron chi connectivity index (χ2n) is 8.41. The lowest BCUT2D eigenvalue weighted by atomic mass is 9.88. The molecule has 0 radical (unpaired) electrons. The normalized spacial score (nSPS) is 44.8. The lowest BCUT2D eigenvalue weighted by Crippen LogP contribution is -2.43. The lowest BCUT2D eigenvalue weighted by molar-refractivity contribution is -0.119. The fourth-order valence-corrected chi connectivity index (χ4v) is 6.85. The van der Waals surface area contributed by atoms with Gasteiger partial charge in [0.05, 0.1) is 0 Å². The molecule has 0 spiro atoms. The Bertz CT molecular complexity index is 567. The van der Waals surface area contributed by atoms with Crippen LogP contribution in [-0.4, -0.2) is 32.2 Å². The van der Waals surface area contributed by atoms with E-state index in [0.717, 1.165) is 37.5 Å². The Morgan fingerprint density at radius 3 is 2.22 bits per heavy atom. The summed E-state index contributed by atoms with van der Waals surface area (Å²) in [5.74, 6) is 2.82. The van der Waals surface area contributed by atoms with Crippen LogP contribution in [0, 0.1) is 29.6 Å². The molecular formula is C17H28N2O3S. The average Bonchev–Trinajstić information content (AvgIpc) is 2.87. The molecule has 4 saturated carbocycles. The van der Waals surface area contributed by atoms with Gasteiger partial charge >= 0.3 is 0 Å². The average molecular weight is 340 g/mol. The van der Waals surface area contributed by atoms with Crippen molar-refractivity contribution in [1.82, 2.24) is 10.0 Å². The van der Waals surface area contributed by atoms with Gasteiger partial charge in [-0.15, -0.1) is 0 Å². The van der Waals surface area contributed by atoms with E-state index >= 15 is 0 Å². The summed E-state index contributed by atoms with van der Waals surface area (Å²) >= 11 is 0. The Morgan fingerprint density at radius 1 is 1.00 bits per heavy atom. The SMILES string of the molecule is CC1CCC(NS(=O)(=O)CC(=O)NC2[C@@H]3[C@H]4CC[C@@H](C4)[C@H]23)CC1. The zero-order valence-corrected chi connectivity index (χ0v) is 14.6. The third-order valence-corrected chi connectivity index (χ3v) is 8.08. The first-order chi connectivity index (χ1) is 10.9. The molecule has 0 saturated heterocycles. The van der Waals surface area contributed by atoms with Crippen molar-refractivity contribution in [2.45, 2.75) is 64.0 Å². The number of sulfonamides is 1. The van der Waals surface area contributed by atoms with Crippen LogP contribution >= 0.6 is 0 Å². The molecule has 4 aliphatic rings. The maximum atomic E-state index is 12.2. The predicted molar refractivity (Wildman–Crippen MR) is 88.1 cm³/mol. The second kappa shape index (κ2) is 5.73. The standard InChI is InChI=1S/C17H28N2O3S/c1-10-2-6-13(7-3-10)19-23(21,22)9-14(20)18-17-15-11-4-5-12(8-11)16(15)17/h10-13,15-17,19H,2-9H2,1H3,(H,18,20)/t10?,11-,12-,13?,15-,16+,17?/m0/s1. The molecule has 2 N–H and O–H groups in total. The number of amides is 1. The second-order valence-corrected chi connectivity index (χ2v) is 10.2. The summed E-state index contributed by atoms with van der Waals surface area (Å²) in [5, 5.41) is 3.00. The molecule has 5 atom stereocenters. The van der Waals surface area contributed by atoms with Crippen LogP contribution in [-0.2, 0) is 14.8 Å². The van der Waals surface area contributed by atoms with E-state index < -0.39 is 15.8 Å². The van der Waals surface area contributed by atoms with Crippen LogP contribution in [0.4, 0.5) is 0 Å². The molecular weight excluding hydrogens is 312 g/mol. The third-order valence-electron chi connectivity index (χ3n) is 6.75. The van der Waals surface area contributed by atoms with Gasteiger partial charge in [-0.05, 0) is 74.5 Å². The highest BCUT2D eigenvalue weighted by atomic mass is 32.2. The van der Waals surface area contributed by atoms with Gasteiger partial charge in [0.15, 0.2) is 0 Å². The van der Waals surface area contributed by atoms with E-state index in [9.17, 15) is 13.2 Å². The van der Waals surface area contributed by atoms with Crippen molar-refractivity contribution < 1.29 is 13.2 Å². The van der Waals surface area contributed by atoms with Gasteiger partial charge < -0.3 is 5.32 Å². The lowest BCUT2D eigenvalue weighted by Gasteiger charge is -2.26. The van der Waals surface area contributed by atoms with Crippen LogP contribution in [0.5, 0.6) is 0 Å². The Morgan fingerprint density at radius 2 is 1.61 bits per heavy atom. The van der Waals surface area contributed by atoms with E-state index in [4.69, 9.17) is 0 Å². The molecule has 23 heavy (non-hydrogen) atoms. The van der Waals surface area contributed by atoms with E-state index in [0.29, 0.717) is 17.8 Å². The van der Waals surface area contributed by atoms with Gasteiger partial charge in [-0.1, -0.05) is 6.92 Å². The quantitative estimate of drug-likeness (QED) is 0.799. The number of carbonyl (C=O) groups excluding carboxylic acids is 1. The molecule has 1 unspecified atom stereocenters. The van der Waals surface area contributed by atoms with Crippen LogP contribution in [0.3, 0.4) is 0 Å². The zero-order chi connectivity index (χ0) is 16.2. The minimum Gasteiger partial charge on any atom is -0.352 e. The fourth-order valence-electron chi connectivity index (χ4n) is 5.59. The summed E-state index contributed by atoms with van der Waals surface area (Å²) in [4.78, 5) is 12.1. The molecule has 4 fully saturated rings. The maximum Gasteiger partial charge on any atom is 0.236 e. The largest absolute Gasteiger partial charge is 0.352 e. The predicted octanol–water partition coefficient (Wildman–Crippen LogP) is 1.65. The molecule has 5 nitrogen and oxygen atoms in total. The molecule has 4 rings (SSSR count). The van der Waals surface area contributed by atoms with E-state index in [-0.39, 0.29) is 18.0 Å². The molecule has 0 aromatic carbocycles. The summed E-state index contributed by atoms with van der Waals surface area (Å²) < 4.78 is 27.1. The van der Waals surface area contributed by atoms with Crippen molar-refractivity contribution in [2.24, 2.45) is 29.6 Å². The molecule has 1 amide bonds. The van der Waals surface area contributed by atoms with Gasteiger partial charge in [-0.3, -0.25) is 4.79 Å². The minimum atomic E-state index is -3.51. The van der Waals surface area contributed by atoms with E-state index in [1.165, 1.54) is 19.3 Å². The minimum absolute atomic E-state index is 0.0140. The highest BCUT2D eigenvalue weighted by molar-refractivity contribution is 7.90. The van der Waals surface area contributed by atoms with Gasteiger partial charge in [0.1, 0.15) is 5.75 Å². The molecule has 0 aromatic rings. The monoisotopic (exact) mass is 340 g/mol.